The Morgan fingerprint density at radius 3 is 2.48 bits per heavy atom. The van der Waals surface area contributed by atoms with Crippen molar-refractivity contribution in [1.82, 2.24) is 20.4 Å². The average molecular weight is 534 g/mol. The van der Waals surface area contributed by atoms with Crippen molar-refractivity contribution in [3.8, 4) is 0 Å². The number of hydrogen-bond acceptors (Lipinski definition) is 3. The average Bonchev–Trinajstić information content (AvgIpc) is 2.73. The summed E-state index contributed by atoms with van der Waals surface area (Å²) in [5.74, 6) is 0.864. The van der Waals surface area contributed by atoms with Gasteiger partial charge in [0.05, 0.1) is 6.04 Å². The second-order valence-corrected chi connectivity index (χ2v) is 8.86. The van der Waals surface area contributed by atoms with Crippen LogP contribution in [0.25, 0.3) is 0 Å². The van der Waals surface area contributed by atoms with E-state index in [-0.39, 0.29) is 35.6 Å². The first-order chi connectivity index (χ1) is 13.5. The van der Waals surface area contributed by atoms with Gasteiger partial charge in [0.1, 0.15) is 0 Å². The van der Waals surface area contributed by atoms with Crippen molar-refractivity contribution in [2.75, 3.05) is 46.8 Å². The predicted molar refractivity (Wildman–Crippen MR) is 135 cm³/mol. The zero-order valence-corrected chi connectivity index (χ0v) is 21.2. The van der Waals surface area contributed by atoms with E-state index in [2.05, 4.69) is 45.5 Å². The highest BCUT2D eigenvalue weighted by molar-refractivity contribution is 14.0. The van der Waals surface area contributed by atoms with Crippen LogP contribution in [0, 0.1) is 0 Å². The van der Waals surface area contributed by atoms with Crippen molar-refractivity contribution in [1.29, 1.82) is 0 Å². The van der Waals surface area contributed by atoms with Crippen LogP contribution >= 0.6 is 35.6 Å². The van der Waals surface area contributed by atoms with Gasteiger partial charge in [-0.3, -0.25) is 9.89 Å². The molecule has 7 heteroatoms. The number of halogens is 2. The van der Waals surface area contributed by atoms with Gasteiger partial charge in [0, 0.05) is 24.2 Å². The molecule has 164 valence electrons. The third kappa shape index (κ3) is 6.71. The SMILES string of the molecule is CN=C(NCC1(N2CCCCC2)CCN(C)CC1)NC(C)c1cccc(Cl)c1.I. The minimum atomic E-state index is 0. The lowest BCUT2D eigenvalue weighted by atomic mass is 9.84. The van der Waals surface area contributed by atoms with E-state index in [0.29, 0.717) is 0 Å². The van der Waals surface area contributed by atoms with Gasteiger partial charge in [-0.05, 0) is 83.5 Å². The summed E-state index contributed by atoms with van der Waals surface area (Å²) in [6, 6.07) is 8.17. The molecule has 29 heavy (non-hydrogen) atoms. The topological polar surface area (TPSA) is 42.9 Å². The van der Waals surface area contributed by atoms with Crippen LogP contribution < -0.4 is 10.6 Å². The minimum Gasteiger partial charge on any atom is -0.355 e. The lowest BCUT2D eigenvalue weighted by Crippen LogP contribution is -2.62. The van der Waals surface area contributed by atoms with E-state index in [0.717, 1.165) is 17.5 Å². The van der Waals surface area contributed by atoms with Crippen LogP contribution in [0.3, 0.4) is 0 Å². The van der Waals surface area contributed by atoms with Gasteiger partial charge in [-0.2, -0.15) is 0 Å². The Labute approximate surface area is 198 Å². The monoisotopic (exact) mass is 533 g/mol. The predicted octanol–water partition coefficient (Wildman–Crippen LogP) is 4.13. The van der Waals surface area contributed by atoms with E-state index in [9.17, 15) is 0 Å². The number of benzene rings is 1. The normalized spacial score (nSPS) is 21.9. The van der Waals surface area contributed by atoms with E-state index in [1.54, 1.807) is 0 Å². The Hall–Kier alpha value is -0.570. The number of hydrogen-bond donors (Lipinski definition) is 2. The fourth-order valence-electron chi connectivity index (χ4n) is 4.52. The number of nitrogens with one attached hydrogen (secondary N) is 2. The maximum absolute atomic E-state index is 6.15. The summed E-state index contributed by atoms with van der Waals surface area (Å²) < 4.78 is 0. The van der Waals surface area contributed by atoms with Crippen molar-refractivity contribution in [2.24, 2.45) is 4.99 Å². The van der Waals surface area contributed by atoms with Gasteiger partial charge in [0.25, 0.3) is 0 Å². The number of guanidine groups is 1. The standard InChI is InChI=1S/C22H36ClN5.HI/c1-18(19-8-7-9-20(23)16-19)26-21(24-2)25-17-22(10-14-27(3)15-11-22)28-12-5-4-6-13-28;/h7-9,16,18H,4-6,10-15,17H2,1-3H3,(H2,24,25,26);1H. The smallest absolute Gasteiger partial charge is 0.191 e. The van der Waals surface area contributed by atoms with E-state index in [1.165, 1.54) is 63.8 Å². The summed E-state index contributed by atoms with van der Waals surface area (Å²) in [4.78, 5) is 9.69. The molecule has 0 bridgehead atoms. The summed E-state index contributed by atoms with van der Waals surface area (Å²) in [5.41, 5.74) is 1.41. The number of piperidine rings is 2. The molecule has 2 aliphatic rings. The van der Waals surface area contributed by atoms with Crippen molar-refractivity contribution in [2.45, 2.75) is 50.6 Å². The van der Waals surface area contributed by atoms with Crippen LogP contribution in [0.2, 0.25) is 5.02 Å². The fourth-order valence-corrected chi connectivity index (χ4v) is 4.71. The van der Waals surface area contributed by atoms with Crippen molar-refractivity contribution >= 4 is 41.5 Å². The molecular formula is C22H37ClIN5. The first-order valence-electron chi connectivity index (χ1n) is 10.7. The van der Waals surface area contributed by atoms with Gasteiger partial charge in [0.2, 0.25) is 0 Å². The number of nitrogens with zero attached hydrogens (tertiary/aromatic N) is 3. The number of aliphatic imine (C=N–C) groups is 1. The molecular weight excluding hydrogens is 497 g/mol. The Balaban J connectivity index is 0.00000300. The molecule has 3 rings (SSSR count). The highest BCUT2D eigenvalue weighted by atomic mass is 127. The Morgan fingerprint density at radius 1 is 1.17 bits per heavy atom. The molecule has 1 atom stereocenters. The maximum atomic E-state index is 6.15. The third-order valence-electron chi connectivity index (χ3n) is 6.46. The number of likely N-dealkylation sites (tertiary alicyclic amines) is 2. The molecule has 2 fully saturated rings. The highest BCUT2D eigenvalue weighted by Crippen LogP contribution is 2.31. The van der Waals surface area contributed by atoms with Gasteiger partial charge in [-0.15, -0.1) is 24.0 Å². The summed E-state index contributed by atoms with van der Waals surface area (Å²) in [5, 5.41) is 7.95. The zero-order chi connectivity index (χ0) is 20.0. The number of rotatable bonds is 5. The molecule has 1 unspecified atom stereocenters. The second-order valence-electron chi connectivity index (χ2n) is 8.42. The van der Waals surface area contributed by atoms with Crippen LogP contribution in [0.5, 0.6) is 0 Å². The Bertz CT molecular complexity index is 654. The summed E-state index contributed by atoms with van der Waals surface area (Å²) in [6.45, 7) is 7.90. The minimum absolute atomic E-state index is 0. The molecule has 2 N–H and O–H groups in total. The zero-order valence-electron chi connectivity index (χ0n) is 18.1. The van der Waals surface area contributed by atoms with Crippen molar-refractivity contribution < 1.29 is 0 Å². The molecule has 2 saturated heterocycles. The van der Waals surface area contributed by atoms with Crippen molar-refractivity contribution in [3.63, 3.8) is 0 Å². The first kappa shape index (κ1) is 24.7. The molecule has 2 heterocycles. The molecule has 1 aromatic carbocycles. The van der Waals surface area contributed by atoms with E-state index in [1.807, 2.05) is 25.2 Å². The molecule has 0 aromatic heterocycles. The van der Waals surface area contributed by atoms with E-state index in [4.69, 9.17) is 11.6 Å². The fraction of sp³-hybridized carbons (Fsp3) is 0.682. The van der Waals surface area contributed by atoms with Gasteiger partial charge < -0.3 is 15.5 Å². The molecule has 2 aliphatic heterocycles. The van der Waals surface area contributed by atoms with Gasteiger partial charge in [-0.1, -0.05) is 30.2 Å². The van der Waals surface area contributed by atoms with E-state index >= 15 is 0 Å². The van der Waals surface area contributed by atoms with Gasteiger partial charge in [0.15, 0.2) is 5.96 Å². The van der Waals surface area contributed by atoms with Crippen LogP contribution in [-0.2, 0) is 0 Å². The summed E-state index contributed by atoms with van der Waals surface area (Å²) in [6.07, 6.45) is 6.47. The van der Waals surface area contributed by atoms with Crippen molar-refractivity contribution in [3.05, 3.63) is 34.9 Å². The Kier molecular flexibility index (Phi) is 9.98. The lowest BCUT2D eigenvalue weighted by Gasteiger charge is -2.50. The quantitative estimate of drug-likeness (QED) is 0.339. The third-order valence-corrected chi connectivity index (χ3v) is 6.69. The summed E-state index contributed by atoms with van der Waals surface area (Å²) >= 11 is 6.15. The van der Waals surface area contributed by atoms with E-state index < -0.39 is 0 Å². The first-order valence-corrected chi connectivity index (χ1v) is 11.1. The molecule has 0 amide bonds. The summed E-state index contributed by atoms with van der Waals surface area (Å²) in [7, 11) is 4.09. The largest absolute Gasteiger partial charge is 0.355 e. The molecule has 1 aromatic rings. The molecule has 0 aliphatic carbocycles. The highest BCUT2D eigenvalue weighted by Gasteiger charge is 2.39. The van der Waals surface area contributed by atoms with Crippen LogP contribution in [0.4, 0.5) is 0 Å². The molecule has 0 radical (unpaired) electrons. The van der Waals surface area contributed by atoms with Crippen LogP contribution in [0.1, 0.15) is 50.6 Å². The molecule has 5 nitrogen and oxygen atoms in total. The maximum Gasteiger partial charge on any atom is 0.191 e. The Morgan fingerprint density at radius 2 is 1.86 bits per heavy atom. The lowest BCUT2D eigenvalue weighted by molar-refractivity contribution is 0.0173. The molecule has 0 spiro atoms. The van der Waals surface area contributed by atoms with Crippen LogP contribution in [0.15, 0.2) is 29.3 Å². The molecule has 0 saturated carbocycles. The second kappa shape index (κ2) is 11.7. The van der Waals surface area contributed by atoms with Crippen LogP contribution in [-0.4, -0.2) is 68.1 Å². The van der Waals surface area contributed by atoms with Gasteiger partial charge >= 0.3 is 0 Å². The van der Waals surface area contributed by atoms with Gasteiger partial charge in [-0.25, -0.2) is 0 Å².